The van der Waals surface area contributed by atoms with Crippen LogP contribution in [0.1, 0.15) is 38.2 Å². The lowest BCUT2D eigenvalue weighted by atomic mass is 9.65. The first-order valence-corrected chi connectivity index (χ1v) is 9.92. The number of rotatable bonds is 5. The number of hydrogen-bond donors (Lipinski definition) is 0. The first kappa shape index (κ1) is 18.9. The molecule has 0 saturated carbocycles. The molecule has 0 amide bonds. The molecule has 1 heteroatoms. The lowest BCUT2D eigenvalue weighted by Gasteiger charge is -2.35. The minimum atomic E-state index is -0.913. The molecule has 0 unspecified atom stereocenters. The summed E-state index contributed by atoms with van der Waals surface area (Å²) >= 11 is 0. The van der Waals surface area contributed by atoms with Gasteiger partial charge in [-0.25, -0.2) is 0 Å². The summed E-state index contributed by atoms with van der Waals surface area (Å²) in [5, 5.41) is 0. The fourth-order valence-corrected chi connectivity index (χ4v) is 3.99. The molecule has 0 radical (unpaired) electrons. The number of aryl methyl sites for hydroxylation is 2. The fraction of sp³-hybridized carbons (Fsp3) is 0.107. The van der Waals surface area contributed by atoms with E-state index < -0.39 is 5.41 Å². The maximum Gasteiger partial charge on any atom is 0.182 e. The highest BCUT2D eigenvalue weighted by Gasteiger charge is 2.43. The third kappa shape index (κ3) is 3.40. The van der Waals surface area contributed by atoms with Gasteiger partial charge < -0.3 is 0 Å². The average molecular weight is 376 g/mol. The van der Waals surface area contributed by atoms with E-state index in [0.29, 0.717) is 5.56 Å². The molecular weight excluding hydrogens is 352 g/mol. The van der Waals surface area contributed by atoms with Crippen LogP contribution in [0, 0.1) is 13.8 Å². The Morgan fingerprint density at radius 1 is 0.517 bits per heavy atom. The molecule has 0 N–H and O–H groups in total. The van der Waals surface area contributed by atoms with Crippen molar-refractivity contribution in [1.29, 1.82) is 0 Å². The third-order valence-corrected chi connectivity index (χ3v) is 5.55. The van der Waals surface area contributed by atoms with Gasteiger partial charge in [0, 0.05) is 5.56 Å². The highest BCUT2D eigenvalue weighted by atomic mass is 16.1. The summed E-state index contributed by atoms with van der Waals surface area (Å²) in [5.41, 5.74) is 5.07. The van der Waals surface area contributed by atoms with Crippen LogP contribution in [0.5, 0.6) is 0 Å². The van der Waals surface area contributed by atoms with E-state index in [4.69, 9.17) is 0 Å². The Morgan fingerprint density at radius 2 is 0.897 bits per heavy atom. The van der Waals surface area contributed by atoms with Gasteiger partial charge in [0.05, 0.1) is 0 Å². The zero-order valence-corrected chi connectivity index (χ0v) is 16.8. The molecule has 142 valence electrons. The van der Waals surface area contributed by atoms with Gasteiger partial charge in [0.25, 0.3) is 0 Å². The van der Waals surface area contributed by atoms with Crippen molar-refractivity contribution >= 4 is 5.78 Å². The summed E-state index contributed by atoms with van der Waals surface area (Å²) in [6, 6.07) is 36.4. The van der Waals surface area contributed by atoms with E-state index in [1.54, 1.807) is 0 Å². The van der Waals surface area contributed by atoms with Crippen LogP contribution in [-0.4, -0.2) is 5.78 Å². The molecule has 4 rings (SSSR count). The molecule has 29 heavy (non-hydrogen) atoms. The molecule has 0 aliphatic carbocycles. The zero-order valence-electron chi connectivity index (χ0n) is 16.8. The van der Waals surface area contributed by atoms with Gasteiger partial charge in [0.1, 0.15) is 5.41 Å². The summed E-state index contributed by atoms with van der Waals surface area (Å²) in [7, 11) is 0. The molecule has 0 heterocycles. The molecule has 0 bridgehead atoms. The Bertz CT molecular complexity index is 1050. The van der Waals surface area contributed by atoms with Gasteiger partial charge in [0.15, 0.2) is 5.78 Å². The van der Waals surface area contributed by atoms with E-state index in [0.717, 1.165) is 16.7 Å². The van der Waals surface area contributed by atoms with Crippen molar-refractivity contribution < 1.29 is 4.79 Å². The van der Waals surface area contributed by atoms with Crippen molar-refractivity contribution in [3.05, 3.63) is 143 Å². The van der Waals surface area contributed by atoms with Crippen LogP contribution in [-0.2, 0) is 5.41 Å². The van der Waals surface area contributed by atoms with Gasteiger partial charge in [-0.3, -0.25) is 4.79 Å². The van der Waals surface area contributed by atoms with E-state index in [1.165, 1.54) is 11.1 Å². The van der Waals surface area contributed by atoms with Crippen LogP contribution < -0.4 is 0 Å². The Hall–Kier alpha value is -3.45. The van der Waals surface area contributed by atoms with Crippen LogP contribution in [0.3, 0.4) is 0 Å². The summed E-state index contributed by atoms with van der Waals surface area (Å²) in [6.45, 7) is 4.14. The predicted octanol–water partition coefficient (Wildman–Crippen LogP) is 6.52. The molecule has 0 aliphatic heterocycles. The largest absolute Gasteiger partial charge is 0.292 e. The zero-order chi connectivity index (χ0) is 20.3. The number of ketones is 1. The maximum absolute atomic E-state index is 14.2. The van der Waals surface area contributed by atoms with Gasteiger partial charge in [-0.2, -0.15) is 0 Å². The van der Waals surface area contributed by atoms with Crippen LogP contribution in [0.4, 0.5) is 0 Å². The Morgan fingerprint density at radius 3 is 1.34 bits per heavy atom. The van der Waals surface area contributed by atoms with Crippen LogP contribution in [0.2, 0.25) is 0 Å². The molecule has 4 aromatic carbocycles. The quantitative estimate of drug-likeness (QED) is 0.286. The Kier molecular flexibility index (Phi) is 5.14. The van der Waals surface area contributed by atoms with Gasteiger partial charge in [-0.15, -0.1) is 0 Å². The number of Topliss-reactive ketones (excluding diaryl/α,β-unsaturated/α-hetero) is 1. The molecule has 0 aromatic heterocycles. The minimum Gasteiger partial charge on any atom is -0.292 e. The molecule has 0 fully saturated rings. The fourth-order valence-electron chi connectivity index (χ4n) is 3.99. The van der Waals surface area contributed by atoms with Crippen LogP contribution >= 0.6 is 0 Å². The van der Waals surface area contributed by atoms with E-state index in [2.05, 4.69) is 74.5 Å². The number of hydrogen-bond acceptors (Lipinski definition) is 1. The van der Waals surface area contributed by atoms with Crippen molar-refractivity contribution in [2.45, 2.75) is 19.3 Å². The summed E-state index contributed by atoms with van der Waals surface area (Å²) in [5.74, 6) is 0.0806. The second-order valence-corrected chi connectivity index (χ2v) is 7.54. The lowest BCUT2D eigenvalue weighted by molar-refractivity contribution is 0.0935. The summed E-state index contributed by atoms with van der Waals surface area (Å²) in [4.78, 5) is 14.2. The monoisotopic (exact) mass is 376 g/mol. The van der Waals surface area contributed by atoms with Crippen molar-refractivity contribution in [1.82, 2.24) is 0 Å². The molecule has 0 aliphatic rings. The van der Waals surface area contributed by atoms with Gasteiger partial charge in [-0.1, -0.05) is 120 Å². The SMILES string of the molecule is Cc1ccc(C(C(=O)c2ccccc2)(c2ccccc2)c2ccc(C)cc2)cc1. The highest BCUT2D eigenvalue weighted by molar-refractivity contribution is 6.09. The Balaban J connectivity index is 2.09. The molecule has 4 aromatic rings. The van der Waals surface area contributed by atoms with Crippen LogP contribution in [0.15, 0.2) is 109 Å². The maximum atomic E-state index is 14.2. The lowest BCUT2D eigenvalue weighted by Crippen LogP contribution is -2.38. The summed E-state index contributed by atoms with van der Waals surface area (Å²) in [6.07, 6.45) is 0. The number of benzene rings is 4. The molecule has 0 spiro atoms. The van der Waals surface area contributed by atoms with Crippen molar-refractivity contribution in [2.75, 3.05) is 0 Å². The molecule has 0 saturated heterocycles. The average Bonchev–Trinajstić information content (AvgIpc) is 2.78. The number of carbonyl (C=O) groups is 1. The normalized spacial score (nSPS) is 11.2. The molecular formula is C28H24O. The molecule has 0 atom stereocenters. The van der Waals surface area contributed by atoms with Crippen molar-refractivity contribution in [2.24, 2.45) is 0 Å². The topological polar surface area (TPSA) is 17.1 Å². The predicted molar refractivity (Wildman–Crippen MR) is 119 cm³/mol. The van der Waals surface area contributed by atoms with Crippen molar-refractivity contribution in [3.8, 4) is 0 Å². The first-order valence-electron chi connectivity index (χ1n) is 9.92. The van der Waals surface area contributed by atoms with E-state index in [9.17, 15) is 4.79 Å². The van der Waals surface area contributed by atoms with E-state index in [1.807, 2.05) is 48.5 Å². The second-order valence-electron chi connectivity index (χ2n) is 7.54. The third-order valence-electron chi connectivity index (χ3n) is 5.55. The highest BCUT2D eigenvalue weighted by Crippen LogP contribution is 2.42. The standard InChI is InChI=1S/C28H24O/c1-21-13-17-25(18-14-21)28(24-11-7-4-8-12-24,26-19-15-22(2)16-20-26)27(29)23-9-5-3-6-10-23/h3-20H,1-2H3. The number of carbonyl (C=O) groups excluding carboxylic acids is 1. The minimum absolute atomic E-state index is 0.0806. The van der Waals surface area contributed by atoms with Crippen LogP contribution in [0.25, 0.3) is 0 Å². The first-order chi connectivity index (χ1) is 14.1. The molecule has 1 nitrogen and oxygen atoms in total. The summed E-state index contributed by atoms with van der Waals surface area (Å²) < 4.78 is 0. The van der Waals surface area contributed by atoms with Gasteiger partial charge >= 0.3 is 0 Å². The second kappa shape index (κ2) is 7.89. The van der Waals surface area contributed by atoms with Gasteiger partial charge in [0.2, 0.25) is 0 Å². The van der Waals surface area contributed by atoms with E-state index in [-0.39, 0.29) is 5.78 Å². The smallest absolute Gasteiger partial charge is 0.182 e. The van der Waals surface area contributed by atoms with Crippen molar-refractivity contribution in [3.63, 3.8) is 0 Å². The van der Waals surface area contributed by atoms with Gasteiger partial charge in [-0.05, 0) is 30.5 Å². The van der Waals surface area contributed by atoms with E-state index >= 15 is 0 Å². The Labute approximate surface area is 172 Å².